The lowest BCUT2D eigenvalue weighted by atomic mass is 9.95. The highest BCUT2D eigenvalue weighted by molar-refractivity contribution is 6.32. The van der Waals surface area contributed by atoms with E-state index in [4.69, 9.17) is 0 Å². The third-order valence-electron chi connectivity index (χ3n) is 3.47. The fraction of sp³-hybridized carbons (Fsp3) is 0.118. The number of anilines is 1. The number of aromatic nitrogens is 2. The first-order valence-electron chi connectivity index (χ1n) is 7.29. The Bertz CT molecular complexity index is 803. The van der Waals surface area contributed by atoms with Crippen LogP contribution in [0.1, 0.15) is 6.42 Å². The first-order chi connectivity index (χ1) is 10.8. The SMILES string of the molecule is Bc1ccc(-c2nc(NCCC=O)c3ccccc3n2)cc1. The molecular weight excluding hydrogens is 273 g/mol. The van der Waals surface area contributed by atoms with E-state index in [1.165, 1.54) is 5.46 Å². The highest BCUT2D eigenvalue weighted by Crippen LogP contribution is 2.24. The van der Waals surface area contributed by atoms with Crippen LogP contribution in [0.25, 0.3) is 22.3 Å². The smallest absolute Gasteiger partial charge is 0.162 e. The van der Waals surface area contributed by atoms with Crippen LogP contribution < -0.4 is 10.8 Å². The molecule has 3 rings (SSSR count). The van der Waals surface area contributed by atoms with E-state index in [1.54, 1.807) is 0 Å². The van der Waals surface area contributed by atoms with Gasteiger partial charge in [0.15, 0.2) is 5.82 Å². The van der Waals surface area contributed by atoms with Gasteiger partial charge in [-0.1, -0.05) is 41.9 Å². The molecule has 1 N–H and O–H groups in total. The van der Waals surface area contributed by atoms with E-state index in [2.05, 4.69) is 23.1 Å². The van der Waals surface area contributed by atoms with Gasteiger partial charge in [0, 0.05) is 23.9 Å². The molecule has 0 spiro atoms. The third kappa shape index (κ3) is 2.98. The van der Waals surface area contributed by atoms with Crippen molar-refractivity contribution in [1.29, 1.82) is 0 Å². The third-order valence-corrected chi connectivity index (χ3v) is 3.47. The minimum Gasteiger partial charge on any atom is -0.369 e. The zero-order valence-electron chi connectivity index (χ0n) is 12.4. The van der Waals surface area contributed by atoms with Crippen molar-refractivity contribution in [2.45, 2.75) is 6.42 Å². The average molecular weight is 289 g/mol. The standard InChI is InChI=1S/C17H16BN3O/c18-13-8-6-12(7-9-13)16-20-15-5-2-1-4-14(15)17(21-16)19-10-3-11-22/h1-2,4-9,11H,3,10,18H2,(H,19,20,21). The normalized spacial score (nSPS) is 10.5. The fourth-order valence-electron chi connectivity index (χ4n) is 2.29. The summed E-state index contributed by atoms with van der Waals surface area (Å²) in [7, 11) is 2.05. The molecule has 0 fully saturated rings. The Morgan fingerprint density at radius 3 is 2.59 bits per heavy atom. The lowest BCUT2D eigenvalue weighted by molar-refractivity contribution is -0.107. The van der Waals surface area contributed by atoms with Crippen molar-refractivity contribution in [2.24, 2.45) is 0 Å². The van der Waals surface area contributed by atoms with E-state index in [0.29, 0.717) is 18.8 Å². The maximum atomic E-state index is 10.5. The first-order valence-corrected chi connectivity index (χ1v) is 7.29. The molecule has 22 heavy (non-hydrogen) atoms. The molecule has 1 aromatic heterocycles. The topological polar surface area (TPSA) is 54.9 Å². The molecule has 5 heteroatoms. The Balaban J connectivity index is 2.07. The summed E-state index contributed by atoms with van der Waals surface area (Å²) >= 11 is 0. The Morgan fingerprint density at radius 1 is 1.05 bits per heavy atom. The number of fused-ring (bicyclic) bond motifs is 1. The van der Waals surface area contributed by atoms with Gasteiger partial charge in [-0.25, -0.2) is 9.97 Å². The monoisotopic (exact) mass is 289 g/mol. The lowest BCUT2D eigenvalue weighted by Gasteiger charge is -2.10. The van der Waals surface area contributed by atoms with Crippen molar-refractivity contribution in [3.63, 3.8) is 0 Å². The van der Waals surface area contributed by atoms with Crippen molar-refractivity contribution >= 4 is 36.3 Å². The van der Waals surface area contributed by atoms with E-state index < -0.39 is 0 Å². The summed E-state index contributed by atoms with van der Waals surface area (Å²) in [5.74, 6) is 1.45. The molecule has 0 aliphatic carbocycles. The quantitative estimate of drug-likeness (QED) is 0.440. The summed E-state index contributed by atoms with van der Waals surface area (Å²) in [5.41, 5.74) is 3.07. The Morgan fingerprint density at radius 2 is 1.82 bits per heavy atom. The Hall–Kier alpha value is -2.69. The molecular formula is C17H16BN3O. The molecule has 0 bridgehead atoms. The van der Waals surface area contributed by atoms with Crippen LogP contribution in [-0.4, -0.2) is 30.6 Å². The molecule has 0 atom stereocenters. The Labute approximate surface area is 130 Å². The van der Waals surface area contributed by atoms with Crippen LogP contribution in [0, 0.1) is 0 Å². The van der Waals surface area contributed by atoms with Crippen LogP contribution in [0.15, 0.2) is 48.5 Å². The number of aldehydes is 1. The number of para-hydroxylation sites is 1. The number of nitrogens with zero attached hydrogens (tertiary/aromatic N) is 2. The fourth-order valence-corrected chi connectivity index (χ4v) is 2.29. The van der Waals surface area contributed by atoms with Crippen LogP contribution in [0.4, 0.5) is 5.82 Å². The molecule has 108 valence electrons. The van der Waals surface area contributed by atoms with Gasteiger partial charge in [0.25, 0.3) is 0 Å². The van der Waals surface area contributed by atoms with E-state index >= 15 is 0 Å². The minimum absolute atomic E-state index is 0.457. The molecule has 0 aliphatic rings. The summed E-state index contributed by atoms with van der Waals surface area (Å²) in [4.78, 5) is 19.8. The van der Waals surface area contributed by atoms with Crippen molar-refractivity contribution in [1.82, 2.24) is 9.97 Å². The zero-order chi connectivity index (χ0) is 15.4. The molecule has 0 saturated carbocycles. The molecule has 0 aliphatic heterocycles. The van der Waals surface area contributed by atoms with Gasteiger partial charge in [-0.05, 0) is 12.1 Å². The minimum atomic E-state index is 0.457. The molecule has 3 aromatic rings. The number of carbonyl (C=O) groups is 1. The second kappa shape index (κ2) is 6.39. The van der Waals surface area contributed by atoms with Gasteiger partial charge in [-0.3, -0.25) is 0 Å². The second-order valence-corrected chi connectivity index (χ2v) is 5.16. The summed E-state index contributed by atoms with van der Waals surface area (Å²) in [6, 6.07) is 16.0. The van der Waals surface area contributed by atoms with Crippen LogP contribution in [0.2, 0.25) is 0 Å². The Kier molecular flexibility index (Phi) is 4.14. The van der Waals surface area contributed by atoms with Gasteiger partial charge in [-0.2, -0.15) is 0 Å². The summed E-state index contributed by atoms with van der Waals surface area (Å²) in [6.45, 7) is 0.567. The summed E-state index contributed by atoms with van der Waals surface area (Å²) in [6.07, 6.45) is 1.36. The van der Waals surface area contributed by atoms with Crippen molar-refractivity contribution < 1.29 is 4.79 Å². The number of rotatable bonds is 5. The predicted octanol–water partition coefficient (Wildman–Crippen LogP) is 1.56. The maximum absolute atomic E-state index is 10.5. The molecule has 4 nitrogen and oxygen atoms in total. The van der Waals surface area contributed by atoms with Gasteiger partial charge in [-0.15, -0.1) is 0 Å². The predicted molar refractivity (Wildman–Crippen MR) is 92.3 cm³/mol. The van der Waals surface area contributed by atoms with E-state index in [0.717, 1.165) is 28.6 Å². The highest BCUT2D eigenvalue weighted by Gasteiger charge is 2.08. The van der Waals surface area contributed by atoms with Crippen LogP contribution >= 0.6 is 0 Å². The van der Waals surface area contributed by atoms with E-state index in [9.17, 15) is 4.79 Å². The van der Waals surface area contributed by atoms with Crippen molar-refractivity contribution in [3.8, 4) is 11.4 Å². The summed E-state index contributed by atoms with van der Waals surface area (Å²) < 4.78 is 0. The molecule has 1 heterocycles. The molecule has 0 radical (unpaired) electrons. The van der Waals surface area contributed by atoms with E-state index in [1.807, 2.05) is 48.5 Å². The van der Waals surface area contributed by atoms with Gasteiger partial charge in [0.2, 0.25) is 0 Å². The van der Waals surface area contributed by atoms with Crippen LogP contribution in [-0.2, 0) is 4.79 Å². The second-order valence-electron chi connectivity index (χ2n) is 5.16. The average Bonchev–Trinajstić information content (AvgIpc) is 2.55. The van der Waals surface area contributed by atoms with Crippen LogP contribution in [0.5, 0.6) is 0 Å². The number of carbonyl (C=O) groups excluding carboxylic acids is 1. The molecule has 2 aromatic carbocycles. The first kappa shape index (κ1) is 14.3. The largest absolute Gasteiger partial charge is 0.369 e. The van der Waals surface area contributed by atoms with Crippen molar-refractivity contribution in [2.75, 3.05) is 11.9 Å². The highest BCUT2D eigenvalue weighted by atomic mass is 16.1. The zero-order valence-corrected chi connectivity index (χ0v) is 12.4. The van der Waals surface area contributed by atoms with Gasteiger partial charge >= 0.3 is 0 Å². The molecule has 0 unspecified atom stereocenters. The number of benzene rings is 2. The maximum Gasteiger partial charge on any atom is 0.162 e. The summed E-state index contributed by atoms with van der Waals surface area (Å²) in [5, 5.41) is 4.19. The molecule has 0 amide bonds. The van der Waals surface area contributed by atoms with Crippen LogP contribution in [0.3, 0.4) is 0 Å². The van der Waals surface area contributed by atoms with Gasteiger partial charge in [0.05, 0.1) is 5.52 Å². The number of nitrogens with one attached hydrogen (secondary N) is 1. The van der Waals surface area contributed by atoms with E-state index in [-0.39, 0.29) is 0 Å². The molecule has 0 saturated heterocycles. The van der Waals surface area contributed by atoms with Gasteiger partial charge in [0.1, 0.15) is 20.0 Å². The number of hydrogen-bond donors (Lipinski definition) is 1. The van der Waals surface area contributed by atoms with Crippen molar-refractivity contribution in [3.05, 3.63) is 48.5 Å². The number of hydrogen-bond acceptors (Lipinski definition) is 4. The lowest BCUT2D eigenvalue weighted by Crippen LogP contribution is -2.06. The van der Waals surface area contributed by atoms with Gasteiger partial charge < -0.3 is 10.1 Å².